The summed E-state index contributed by atoms with van der Waals surface area (Å²) in [6, 6.07) is 1.43. The summed E-state index contributed by atoms with van der Waals surface area (Å²) in [5.74, 6) is -0.444. The van der Waals surface area contributed by atoms with Crippen LogP contribution in [0.15, 0.2) is 12.3 Å². The second kappa shape index (κ2) is 8.34. The maximum Gasteiger partial charge on any atom is 0.337 e. The highest BCUT2D eigenvalue weighted by Crippen LogP contribution is 2.16. The first-order chi connectivity index (χ1) is 9.15. The largest absolute Gasteiger partial charge is 0.478 e. The van der Waals surface area contributed by atoms with Crippen LogP contribution in [0, 0.1) is 0 Å². The van der Waals surface area contributed by atoms with Crippen LogP contribution in [-0.4, -0.2) is 22.6 Å². The van der Waals surface area contributed by atoms with Crippen molar-refractivity contribution in [3.63, 3.8) is 0 Å². The van der Waals surface area contributed by atoms with Crippen molar-refractivity contribution in [2.24, 2.45) is 0 Å². The summed E-state index contributed by atoms with van der Waals surface area (Å²) in [5, 5.41) is 11.9. The van der Waals surface area contributed by atoms with Crippen LogP contribution >= 0.6 is 0 Å². The lowest BCUT2D eigenvalue weighted by Crippen LogP contribution is -2.08. The predicted octanol–water partition coefficient (Wildman–Crippen LogP) is 3.13. The Kier molecular flexibility index (Phi) is 6.71. The van der Waals surface area contributed by atoms with Gasteiger partial charge in [-0.3, -0.25) is 0 Å². The molecule has 1 aromatic rings. The van der Waals surface area contributed by atoms with Gasteiger partial charge < -0.3 is 16.2 Å². The maximum absolute atomic E-state index is 10.7. The summed E-state index contributed by atoms with van der Waals surface area (Å²) in [7, 11) is 0. The molecule has 0 unspecified atom stereocenters. The van der Waals surface area contributed by atoms with Gasteiger partial charge in [0.2, 0.25) is 0 Å². The van der Waals surface area contributed by atoms with Crippen molar-refractivity contribution < 1.29 is 9.90 Å². The zero-order chi connectivity index (χ0) is 14.1. The van der Waals surface area contributed by atoms with Crippen LogP contribution in [-0.2, 0) is 0 Å². The number of nitrogens with one attached hydrogen (secondary N) is 1. The first kappa shape index (κ1) is 15.3. The highest BCUT2D eigenvalue weighted by atomic mass is 16.4. The van der Waals surface area contributed by atoms with Crippen molar-refractivity contribution in [1.82, 2.24) is 4.98 Å². The molecule has 0 aliphatic carbocycles. The third kappa shape index (κ3) is 5.59. The molecule has 0 saturated carbocycles. The number of rotatable bonds is 9. The number of hydrogen-bond acceptors (Lipinski definition) is 4. The number of nitrogens with zero attached hydrogens (tertiary/aromatic N) is 1. The summed E-state index contributed by atoms with van der Waals surface area (Å²) < 4.78 is 0. The molecule has 0 atom stereocenters. The number of nitrogen functional groups attached to an aromatic ring is 1. The molecule has 1 rings (SSSR count). The fourth-order valence-corrected chi connectivity index (χ4v) is 1.86. The van der Waals surface area contributed by atoms with Crippen LogP contribution in [0.4, 0.5) is 11.5 Å². The smallest absolute Gasteiger partial charge is 0.337 e. The molecule has 0 aliphatic rings. The van der Waals surface area contributed by atoms with Crippen LogP contribution in [0.1, 0.15) is 55.8 Å². The molecule has 5 heteroatoms. The molecular weight excluding hydrogens is 242 g/mol. The molecule has 0 saturated heterocycles. The Bertz CT molecular complexity index is 408. The van der Waals surface area contributed by atoms with Crippen molar-refractivity contribution >= 4 is 17.5 Å². The van der Waals surface area contributed by atoms with E-state index in [9.17, 15) is 4.79 Å². The number of unbranched alkanes of at least 4 members (excludes halogenated alkanes) is 5. The lowest BCUT2D eigenvalue weighted by atomic mass is 10.1. The number of carboxylic acids is 1. The van der Waals surface area contributed by atoms with Gasteiger partial charge in [-0.05, 0) is 12.5 Å². The topological polar surface area (TPSA) is 88.2 Å². The Morgan fingerprint density at radius 3 is 2.63 bits per heavy atom. The summed E-state index contributed by atoms with van der Waals surface area (Å²) in [6.45, 7) is 3.02. The van der Waals surface area contributed by atoms with Crippen molar-refractivity contribution in [2.75, 3.05) is 17.6 Å². The summed E-state index contributed by atoms with van der Waals surface area (Å²) in [5.41, 5.74) is 6.25. The first-order valence-electron chi connectivity index (χ1n) is 6.87. The lowest BCUT2D eigenvalue weighted by Gasteiger charge is -2.08. The lowest BCUT2D eigenvalue weighted by molar-refractivity contribution is 0.0696. The minimum Gasteiger partial charge on any atom is -0.478 e. The van der Waals surface area contributed by atoms with E-state index in [1.807, 2.05) is 0 Å². The van der Waals surface area contributed by atoms with E-state index in [0.29, 0.717) is 11.5 Å². The van der Waals surface area contributed by atoms with E-state index in [0.717, 1.165) is 13.0 Å². The average molecular weight is 265 g/mol. The normalized spacial score (nSPS) is 10.4. The van der Waals surface area contributed by atoms with Crippen LogP contribution in [0.3, 0.4) is 0 Å². The van der Waals surface area contributed by atoms with Gasteiger partial charge in [-0.2, -0.15) is 0 Å². The molecule has 106 valence electrons. The van der Waals surface area contributed by atoms with Crippen molar-refractivity contribution in [2.45, 2.75) is 45.4 Å². The minimum atomic E-state index is -1.01. The van der Waals surface area contributed by atoms with E-state index in [1.54, 1.807) is 0 Å². The standard InChI is InChI=1S/C14H23N3O2/c1-2-3-4-5-6-7-8-16-13-12(15)9-11(10-17-13)14(18)19/h9-10H,2-8,15H2,1H3,(H,16,17)(H,18,19). The van der Waals surface area contributed by atoms with Gasteiger partial charge in [-0.25, -0.2) is 9.78 Å². The van der Waals surface area contributed by atoms with Gasteiger partial charge in [0.15, 0.2) is 0 Å². The molecule has 0 aromatic carbocycles. The van der Waals surface area contributed by atoms with Crippen LogP contribution in [0.25, 0.3) is 0 Å². The Morgan fingerprint density at radius 1 is 1.32 bits per heavy atom. The molecule has 1 heterocycles. The molecule has 0 radical (unpaired) electrons. The van der Waals surface area contributed by atoms with Gasteiger partial charge in [0, 0.05) is 12.7 Å². The molecule has 4 N–H and O–H groups in total. The molecule has 0 bridgehead atoms. The second-order valence-electron chi connectivity index (χ2n) is 4.66. The van der Waals surface area contributed by atoms with E-state index in [1.165, 1.54) is 44.4 Å². The number of carbonyl (C=O) groups is 1. The van der Waals surface area contributed by atoms with E-state index < -0.39 is 5.97 Å². The van der Waals surface area contributed by atoms with Gasteiger partial charge in [0.1, 0.15) is 5.82 Å². The number of aromatic carboxylic acids is 1. The summed E-state index contributed by atoms with van der Waals surface area (Å²) >= 11 is 0. The second-order valence-corrected chi connectivity index (χ2v) is 4.66. The molecule has 0 fully saturated rings. The number of carboxylic acid groups (broad SMARTS) is 1. The Balaban J connectivity index is 2.28. The van der Waals surface area contributed by atoms with Gasteiger partial charge in [-0.15, -0.1) is 0 Å². The van der Waals surface area contributed by atoms with Crippen molar-refractivity contribution in [3.8, 4) is 0 Å². The van der Waals surface area contributed by atoms with Gasteiger partial charge in [-0.1, -0.05) is 39.0 Å². The number of pyridine rings is 1. The molecule has 0 amide bonds. The fraction of sp³-hybridized carbons (Fsp3) is 0.571. The SMILES string of the molecule is CCCCCCCCNc1ncc(C(=O)O)cc1N. The van der Waals surface area contributed by atoms with Crippen LogP contribution < -0.4 is 11.1 Å². The van der Waals surface area contributed by atoms with Crippen molar-refractivity contribution in [1.29, 1.82) is 0 Å². The molecule has 5 nitrogen and oxygen atoms in total. The zero-order valence-corrected chi connectivity index (χ0v) is 11.5. The number of nitrogens with two attached hydrogens (primary N) is 1. The molecule has 0 spiro atoms. The monoisotopic (exact) mass is 265 g/mol. The number of anilines is 2. The van der Waals surface area contributed by atoms with Crippen LogP contribution in [0.5, 0.6) is 0 Å². The summed E-state index contributed by atoms with van der Waals surface area (Å²) in [6.07, 6.45) is 8.71. The van der Waals surface area contributed by atoms with Crippen molar-refractivity contribution in [3.05, 3.63) is 17.8 Å². The van der Waals surface area contributed by atoms with E-state index in [-0.39, 0.29) is 5.56 Å². The summed E-state index contributed by atoms with van der Waals surface area (Å²) in [4.78, 5) is 14.8. The minimum absolute atomic E-state index is 0.114. The third-order valence-electron chi connectivity index (χ3n) is 2.99. The van der Waals surface area contributed by atoms with Gasteiger partial charge in [0.05, 0.1) is 11.3 Å². The van der Waals surface area contributed by atoms with E-state index >= 15 is 0 Å². The highest BCUT2D eigenvalue weighted by Gasteiger charge is 2.06. The van der Waals surface area contributed by atoms with Gasteiger partial charge in [0.25, 0.3) is 0 Å². The van der Waals surface area contributed by atoms with E-state index in [4.69, 9.17) is 10.8 Å². The highest BCUT2D eigenvalue weighted by molar-refractivity contribution is 5.89. The molecule has 19 heavy (non-hydrogen) atoms. The average Bonchev–Trinajstić information content (AvgIpc) is 2.39. The third-order valence-corrected chi connectivity index (χ3v) is 2.99. The molecular formula is C14H23N3O2. The quantitative estimate of drug-likeness (QED) is 0.597. The Hall–Kier alpha value is -1.78. The number of aromatic nitrogens is 1. The Labute approximate surface area is 114 Å². The number of hydrogen-bond donors (Lipinski definition) is 3. The predicted molar refractivity (Wildman–Crippen MR) is 77.5 cm³/mol. The van der Waals surface area contributed by atoms with E-state index in [2.05, 4.69) is 17.2 Å². The van der Waals surface area contributed by atoms with Crippen LogP contribution in [0.2, 0.25) is 0 Å². The Morgan fingerprint density at radius 2 is 2.00 bits per heavy atom. The fourth-order valence-electron chi connectivity index (χ4n) is 1.86. The van der Waals surface area contributed by atoms with Gasteiger partial charge >= 0.3 is 5.97 Å². The molecule has 0 aliphatic heterocycles. The zero-order valence-electron chi connectivity index (χ0n) is 11.5. The first-order valence-corrected chi connectivity index (χ1v) is 6.87. The maximum atomic E-state index is 10.7. The molecule has 1 aromatic heterocycles.